The van der Waals surface area contributed by atoms with Crippen molar-refractivity contribution in [3.8, 4) is 0 Å². The molecule has 174 valence electrons. The molecule has 5 rings (SSSR count). The standard InChI is InChI=1S/C22H35N3O6/c1-25-8-7-21-17-11-3-4-14(26)18(17)31-19(21)12(24-13(20(28)29)10-16(23)27)5-6-22(21,30-2)15(25)9-11/h11-15,17-19,24,26H,3-10H2,1-2H3,(H2,23,27)(H,28,29)/t11?,12-,13-,14?,15?,17?,18?,19-,21-,22+/m0/s1. The van der Waals surface area contributed by atoms with Crippen LogP contribution in [0.2, 0.25) is 0 Å². The predicted octanol–water partition coefficient (Wildman–Crippen LogP) is -0.299. The first kappa shape index (κ1) is 21.6. The summed E-state index contributed by atoms with van der Waals surface area (Å²) in [6.45, 7) is 0.929. The van der Waals surface area contributed by atoms with Gasteiger partial charge in [0.25, 0.3) is 0 Å². The van der Waals surface area contributed by atoms with Crippen molar-refractivity contribution >= 4 is 11.9 Å². The summed E-state index contributed by atoms with van der Waals surface area (Å²) in [5, 5.41) is 23.8. The van der Waals surface area contributed by atoms with Gasteiger partial charge in [0.05, 0.1) is 30.3 Å². The molecular formula is C22H35N3O6. The molecular weight excluding hydrogens is 402 g/mol. The molecule has 5 aliphatic rings. The molecule has 2 heterocycles. The van der Waals surface area contributed by atoms with E-state index in [9.17, 15) is 19.8 Å². The third-order valence-electron chi connectivity index (χ3n) is 9.42. The largest absolute Gasteiger partial charge is 0.480 e. The Morgan fingerprint density at radius 2 is 2.10 bits per heavy atom. The summed E-state index contributed by atoms with van der Waals surface area (Å²) < 4.78 is 13.1. The summed E-state index contributed by atoms with van der Waals surface area (Å²) in [5.74, 6) is -1.06. The van der Waals surface area contributed by atoms with Crippen LogP contribution in [0.3, 0.4) is 0 Å². The van der Waals surface area contributed by atoms with Gasteiger partial charge in [-0.05, 0) is 58.0 Å². The van der Waals surface area contributed by atoms with E-state index in [1.165, 1.54) is 0 Å². The highest BCUT2D eigenvalue weighted by atomic mass is 16.5. The van der Waals surface area contributed by atoms with Gasteiger partial charge in [0, 0.05) is 30.5 Å². The van der Waals surface area contributed by atoms with E-state index in [-0.39, 0.29) is 47.6 Å². The molecule has 9 nitrogen and oxygen atoms in total. The van der Waals surface area contributed by atoms with Crippen LogP contribution in [0.1, 0.15) is 44.9 Å². The van der Waals surface area contributed by atoms with Crippen molar-refractivity contribution in [2.75, 3.05) is 20.7 Å². The number of ether oxygens (including phenoxy) is 2. The number of likely N-dealkylation sites (N-methyl/N-ethyl adjacent to an activating group) is 1. The van der Waals surface area contributed by atoms with Crippen molar-refractivity contribution in [3.05, 3.63) is 0 Å². The minimum absolute atomic E-state index is 0.204. The summed E-state index contributed by atoms with van der Waals surface area (Å²) in [6.07, 6.45) is 3.88. The van der Waals surface area contributed by atoms with Crippen LogP contribution in [-0.2, 0) is 19.1 Å². The van der Waals surface area contributed by atoms with Crippen LogP contribution in [0.4, 0.5) is 0 Å². The Morgan fingerprint density at radius 3 is 2.77 bits per heavy atom. The molecule has 1 spiro atoms. The fourth-order valence-electron chi connectivity index (χ4n) is 8.40. The number of nitrogens with one attached hydrogen (secondary N) is 1. The fraction of sp³-hybridized carbons (Fsp3) is 0.909. The van der Waals surface area contributed by atoms with Crippen molar-refractivity contribution in [2.45, 2.75) is 87.0 Å². The minimum Gasteiger partial charge on any atom is -0.480 e. The molecule has 1 amide bonds. The average molecular weight is 438 g/mol. The van der Waals surface area contributed by atoms with Crippen molar-refractivity contribution < 1.29 is 29.3 Å². The summed E-state index contributed by atoms with van der Waals surface area (Å²) in [6, 6.07) is -0.995. The lowest BCUT2D eigenvalue weighted by Gasteiger charge is -2.69. The van der Waals surface area contributed by atoms with Crippen molar-refractivity contribution in [1.82, 2.24) is 10.2 Å². The van der Waals surface area contributed by atoms with Gasteiger partial charge in [-0.1, -0.05) is 0 Å². The molecule has 0 aromatic rings. The number of carbonyl (C=O) groups excluding carboxylic acids is 1. The van der Waals surface area contributed by atoms with Crippen LogP contribution >= 0.6 is 0 Å². The van der Waals surface area contributed by atoms with Crippen LogP contribution in [0.15, 0.2) is 0 Å². The highest BCUT2D eigenvalue weighted by Gasteiger charge is 2.78. The van der Waals surface area contributed by atoms with Gasteiger partial charge in [0.15, 0.2) is 0 Å². The lowest BCUT2D eigenvalue weighted by molar-refractivity contribution is -0.269. The first-order valence-corrected chi connectivity index (χ1v) is 11.6. The van der Waals surface area contributed by atoms with Gasteiger partial charge in [-0.15, -0.1) is 0 Å². The Hall–Kier alpha value is -1.26. The van der Waals surface area contributed by atoms with E-state index in [0.717, 1.165) is 38.6 Å². The number of amides is 1. The van der Waals surface area contributed by atoms with Crippen molar-refractivity contribution in [1.29, 1.82) is 0 Å². The summed E-state index contributed by atoms with van der Waals surface area (Å²) in [7, 11) is 3.98. The molecule has 2 aliphatic heterocycles. The third kappa shape index (κ3) is 2.80. The molecule has 10 atom stereocenters. The number of methoxy groups -OCH3 is 1. The molecule has 5 fully saturated rings. The zero-order valence-corrected chi connectivity index (χ0v) is 18.3. The van der Waals surface area contributed by atoms with Crippen LogP contribution in [0.5, 0.6) is 0 Å². The monoisotopic (exact) mass is 437 g/mol. The molecule has 3 saturated carbocycles. The number of carbonyl (C=O) groups is 2. The first-order chi connectivity index (χ1) is 14.7. The molecule has 0 aromatic heterocycles. The molecule has 5 N–H and O–H groups in total. The maximum absolute atomic E-state index is 11.8. The lowest BCUT2D eigenvalue weighted by Crippen LogP contribution is -2.78. The number of aliphatic hydroxyl groups is 1. The second-order valence-corrected chi connectivity index (χ2v) is 10.4. The number of piperidine rings is 1. The third-order valence-corrected chi connectivity index (χ3v) is 9.42. The number of aliphatic carboxylic acids is 1. The Bertz CT molecular complexity index is 766. The van der Waals surface area contributed by atoms with Gasteiger partial charge >= 0.3 is 5.97 Å². The Labute approximate surface area is 182 Å². The van der Waals surface area contributed by atoms with E-state index in [1.54, 1.807) is 7.11 Å². The van der Waals surface area contributed by atoms with E-state index >= 15 is 0 Å². The maximum Gasteiger partial charge on any atom is 0.321 e. The summed E-state index contributed by atoms with van der Waals surface area (Å²) >= 11 is 0. The number of aliphatic hydroxyl groups excluding tert-OH is 1. The smallest absolute Gasteiger partial charge is 0.321 e. The number of hydrogen-bond acceptors (Lipinski definition) is 7. The summed E-state index contributed by atoms with van der Waals surface area (Å²) in [4.78, 5) is 25.7. The molecule has 0 aromatic carbocycles. The Kier molecular flexibility index (Phi) is 5.14. The molecule has 0 radical (unpaired) electrons. The Morgan fingerprint density at radius 1 is 1.32 bits per heavy atom. The van der Waals surface area contributed by atoms with Gasteiger partial charge in [0.1, 0.15) is 6.04 Å². The molecule has 3 aliphatic carbocycles. The zero-order chi connectivity index (χ0) is 22.1. The normalized spacial score (nSPS) is 49.3. The highest BCUT2D eigenvalue weighted by Crippen LogP contribution is 2.70. The molecule has 31 heavy (non-hydrogen) atoms. The van der Waals surface area contributed by atoms with Gasteiger partial charge in [-0.25, -0.2) is 0 Å². The van der Waals surface area contributed by atoms with Gasteiger partial charge < -0.3 is 30.3 Å². The second-order valence-electron chi connectivity index (χ2n) is 10.4. The number of rotatable bonds is 6. The quantitative estimate of drug-likeness (QED) is 0.445. The number of nitrogens with two attached hydrogens (primary N) is 1. The Balaban J connectivity index is 1.56. The number of carboxylic acids is 1. The average Bonchev–Trinajstić information content (AvgIpc) is 3.08. The molecule has 5 unspecified atom stereocenters. The van der Waals surface area contributed by atoms with Gasteiger partial charge in [0.2, 0.25) is 5.91 Å². The molecule has 9 heteroatoms. The zero-order valence-electron chi connectivity index (χ0n) is 18.3. The fourth-order valence-corrected chi connectivity index (χ4v) is 8.40. The van der Waals surface area contributed by atoms with E-state index in [4.69, 9.17) is 15.2 Å². The number of nitrogens with zero attached hydrogens (tertiary/aromatic N) is 1. The number of likely N-dealkylation sites (tertiary alicyclic amines) is 1. The van der Waals surface area contributed by atoms with Crippen LogP contribution < -0.4 is 11.1 Å². The SMILES string of the molecule is CO[C@]12CC[C@H](N[C@@H](CC(N)=O)C(=O)O)[C@@H]3OC4C(O)CCC5CC1N(C)CC[C@]32C54. The predicted molar refractivity (Wildman–Crippen MR) is 110 cm³/mol. The van der Waals surface area contributed by atoms with Crippen LogP contribution in [0.25, 0.3) is 0 Å². The number of primary amides is 1. The summed E-state index contributed by atoms with van der Waals surface area (Å²) in [5.41, 5.74) is 4.66. The van der Waals surface area contributed by atoms with E-state index in [0.29, 0.717) is 12.3 Å². The van der Waals surface area contributed by atoms with Gasteiger partial charge in [-0.3, -0.25) is 14.9 Å². The van der Waals surface area contributed by atoms with Crippen LogP contribution in [0, 0.1) is 17.3 Å². The van der Waals surface area contributed by atoms with E-state index < -0.39 is 24.0 Å². The van der Waals surface area contributed by atoms with Gasteiger partial charge in [-0.2, -0.15) is 0 Å². The maximum atomic E-state index is 11.8. The van der Waals surface area contributed by atoms with Crippen molar-refractivity contribution in [3.63, 3.8) is 0 Å². The highest BCUT2D eigenvalue weighted by molar-refractivity contribution is 5.83. The van der Waals surface area contributed by atoms with E-state index in [2.05, 4.69) is 17.3 Å². The first-order valence-electron chi connectivity index (χ1n) is 11.6. The number of carboxylic acid groups (broad SMARTS) is 1. The lowest BCUT2D eigenvalue weighted by atomic mass is 9.42. The number of hydrogen-bond donors (Lipinski definition) is 4. The second kappa shape index (κ2) is 7.38. The van der Waals surface area contributed by atoms with Crippen LogP contribution in [-0.4, -0.2) is 89.7 Å². The topological polar surface area (TPSA) is 134 Å². The molecule has 2 saturated heterocycles. The van der Waals surface area contributed by atoms with E-state index in [1.807, 2.05) is 0 Å². The van der Waals surface area contributed by atoms with Crippen molar-refractivity contribution in [2.24, 2.45) is 23.0 Å². The minimum atomic E-state index is -1.09. The molecule has 2 bridgehead atoms.